The highest BCUT2D eigenvalue weighted by molar-refractivity contribution is 5.94. The molecule has 1 aliphatic rings. The van der Waals surface area contributed by atoms with E-state index in [1.54, 1.807) is 0 Å². The largest absolute Gasteiger partial charge is 0.376 e. The first kappa shape index (κ1) is 12.0. The smallest absolute Gasteiger partial charge is 0.257 e. The summed E-state index contributed by atoms with van der Waals surface area (Å²) in [4.78, 5) is 11.6. The number of carbonyl (C=O) groups excluding carboxylic acids is 1. The van der Waals surface area contributed by atoms with Crippen LogP contribution in [0.1, 0.15) is 23.2 Å². The molecular weight excluding hydrogens is 228 g/mol. The second-order valence-electron chi connectivity index (χ2n) is 3.94. The zero-order valence-corrected chi connectivity index (χ0v) is 9.21. The zero-order chi connectivity index (χ0) is 12.3. The van der Waals surface area contributed by atoms with Crippen LogP contribution < -0.4 is 5.32 Å². The Balaban J connectivity index is 1.99. The molecule has 1 aliphatic heterocycles. The van der Waals surface area contributed by atoms with Crippen molar-refractivity contribution in [1.82, 2.24) is 5.32 Å². The van der Waals surface area contributed by atoms with E-state index >= 15 is 0 Å². The third kappa shape index (κ3) is 2.79. The molecule has 0 aliphatic carbocycles. The van der Waals surface area contributed by atoms with Gasteiger partial charge in [-0.2, -0.15) is 0 Å². The minimum atomic E-state index is -0.852. The summed E-state index contributed by atoms with van der Waals surface area (Å²) in [6.45, 7) is 0.960. The molecule has 1 N–H and O–H groups in total. The lowest BCUT2D eigenvalue weighted by Gasteiger charge is -2.11. The summed E-state index contributed by atoms with van der Waals surface area (Å²) in [7, 11) is 0. The van der Waals surface area contributed by atoms with Crippen molar-refractivity contribution in [2.24, 2.45) is 0 Å². The Hall–Kier alpha value is -1.49. The molecule has 1 aromatic carbocycles. The summed E-state index contributed by atoms with van der Waals surface area (Å²) in [6.07, 6.45) is 1.77. The Labute approximate surface area is 97.8 Å². The molecule has 17 heavy (non-hydrogen) atoms. The molecule has 0 radical (unpaired) electrons. The Kier molecular flexibility index (Phi) is 3.68. The van der Waals surface area contributed by atoms with Gasteiger partial charge in [-0.05, 0) is 25.0 Å². The number of hydrogen-bond acceptors (Lipinski definition) is 2. The van der Waals surface area contributed by atoms with E-state index in [0.29, 0.717) is 6.61 Å². The molecule has 1 saturated heterocycles. The molecule has 0 aromatic heterocycles. The number of ether oxygens (including phenoxy) is 1. The lowest BCUT2D eigenvalue weighted by atomic mass is 10.1. The summed E-state index contributed by atoms with van der Waals surface area (Å²) >= 11 is 0. The van der Waals surface area contributed by atoms with E-state index in [1.165, 1.54) is 6.07 Å². The van der Waals surface area contributed by atoms with Gasteiger partial charge in [0.15, 0.2) is 0 Å². The fraction of sp³-hybridized carbons (Fsp3) is 0.417. The van der Waals surface area contributed by atoms with Crippen molar-refractivity contribution in [2.75, 3.05) is 13.2 Å². The second kappa shape index (κ2) is 5.23. The van der Waals surface area contributed by atoms with Crippen LogP contribution in [0, 0.1) is 11.6 Å². The molecule has 5 heteroatoms. The molecule has 3 nitrogen and oxygen atoms in total. The number of hydrogen-bond donors (Lipinski definition) is 1. The fourth-order valence-corrected chi connectivity index (χ4v) is 1.81. The third-order valence-electron chi connectivity index (χ3n) is 2.70. The first-order valence-corrected chi connectivity index (χ1v) is 5.52. The van der Waals surface area contributed by atoms with Crippen LogP contribution in [0.2, 0.25) is 0 Å². The van der Waals surface area contributed by atoms with Crippen LogP contribution in [0.5, 0.6) is 0 Å². The van der Waals surface area contributed by atoms with Gasteiger partial charge in [0.05, 0.1) is 6.10 Å². The molecule has 2 rings (SSSR count). The van der Waals surface area contributed by atoms with Gasteiger partial charge in [-0.3, -0.25) is 4.79 Å². The Morgan fingerprint density at radius 2 is 2.12 bits per heavy atom. The molecule has 0 spiro atoms. The molecule has 1 unspecified atom stereocenters. The Bertz CT molecular complexity index is 397. The highest BCUT2D eigenvalue weighted by Crippen LogP contribution is 2.13. The van der Waals surface area contributed by atoms with Crippen LogP contribution in [-0.2, 0) is 4.74 Å². The topological polar surface area (TPSA) is 38.3 Å². The average Bonchev–Trinajstić information content (AvgIpc) is 2.79. The van der Waals surface area contributed by atoms with Crippen molar-refractivity contribution >= 4 is 5.91 Å². The summed E-state index contributed by atoms with van der Waals surface area (Å²) in [6, 6.07) is 3.34. The molecule has 1 amide bonds. The van der Waals surface area contributed by atoms with Crippen molar-refractivity contribution in [3.63, 3.8) is 0 Å². The predicted molar refractivity (Wildman–Crippen MR) is 57.7 cm³/mol. The number of halogens is 2. The molecule has 92 valence electrons. The minimum Gasteiger partial charge on any atom is -0.376 e. The van der Waals surface area contributed by atoms with E-state index in [-0.39, 0.29) is 12.6 Å². The Morgan fingerprint density at radius 1 is 1.41 bits per heavy atom. The van der Waals surface area contributed by atoms with Crippen molar-refractivity contribution in [3.8, 4) is 0 Å². The van der Waals surface area contributed by atoms with Crippen LogP contribution in [0.15, 0.2) is 18.2 Å². The Morgan fingerprint density at radius 3 is 2.71 bits per heavy atom. The maximum atomic E-state index is 13.3. The first-order valence-electron chi connectivity index (χ1n) is 5.52. The number of amides is 1. The van der Waals surface area contributed by atoms with Gasteiger partial charge in [-0.25, -0.2) is 8.78 Å². The van der Waals surface area contributed by atoms with E-state index in [9.17, 15) is 13.6 Å². The van der Waals surface area contributed by atoms with Gasteiger partial charge in [0.1, 0.15) is 17.2 Å². The molecular formula is C12H13F2NO2. The normalized spacial score (nSPS) is 19.3. The SMILES string of the molecule is O=C(NCC1CCCO1)c1c(F)cccc1F. The molecule has 1 atom stereocenters. The van der Waals surface area contributed by atoms with Crippen molar-refractivity contribution in [2.45, 2.75) is 18.9 Å². The van der Waals surface area contributed by atoms with Gasteiger partial charge < -0.3 is 10.1 Å². The summed E-state index contributed by atoms with van der Waals surface area (Å²) in [5.74, 6) is -2.44. The standard InChI is InChI=1S/C12H13F2NO2/c13-9-4-1-5-10(14)11(9)12(16)15-7-8-3-2-6-17-8/h1,4-5,8H,2-3,6-7H2,(H,15,16). The summed E-state index contributed by atoms with van der Waals surface area (Å²) in [5, 5.41) is 2.48. The lowest BCUT2D eigenvalue weighted by molar-refractivity contribution is 0.0851. The van der Waals surface area contributed by atoms with Gasteiger partial charge >= 0.3 is 0 Å². The summed E-state index contributed by atoms with van der Waals surface area (Å²) in [5.41, 5.74) is -0.537. The van der Waals surface area contributed by atoms with Gasteiger partial charge in [-0.1, -0.05) is 6.07 Å². The quantitative estimate of drug-likeness (QED) is 0.877. The molecule has 0 bridgehead atoms. The maximum Gasteiger partial charge on any atom is 0.257 e. The summed E-state index contributed by atoms with van der Waals surface area (Å²) < 4.78 is 31.8. The fourth-order valence-electron chi connectivity index (χ4n) is 1.81. The van der Waals surface area contributed by atoms with E-state index in [2.05, 4.69) is 5.32 Å². The van der Waals surface area contributed by atoms with E-state index < -0.39 is 23.1 Å². The van der Waals surface area contributed by atoms with E-state index in [1.807, 2.05) is 0 Å². The van der Waals surface area contributed by atoms with Crippen LogP contribution in [0.25, 0.3) is 0 Å². The highest BCUT2D eigenvalue weighted by Gasteiger charge is 2.20. The average molecular weight is 241 g/mol. The van der Waals surface area contributed by atoms with Crippen LogP contribution in [-0.4, -0.2) is 25.2 Å². The number of rotatable bonds is 3. The highest BCUT2D eigenvalue weighted by atomic mass is 19.1. The third-order valence-corrected chi connectivity index (χ3v) is 2.70. The van der Waals surface area contributed by atoms with Gasteiger partial charge in [-0.15, -0.1) is 0 Å². The van der Waals surface area contributed by atoms with Crippen molar-refractivity contribution in [3.05, 3.63) is 35.4 Å². The van der Waals surface area contributed by atoms with Crippen LogP contribution >= 0.6 is 0 Å². The number of benzene rings is 1. The second-order valence-corrected chi connectivity index (χ2v) is 3.94. The van der Waals surface area contributed by atoms with Crippen LogP contribution in [0.3, 0.4) is 0 Å². The van der Waals surface area contributed by atoms with Crippen LogP contribution in [0.4, 0.5) is 8.78 Å². The minimum absolute atomic E-state index is 0.0474. The van der Waals surface area contributed by atoms with Gasteiger partial charge in [0.25, 0.3) is 5.91 Å². The van der Waals surface area contributed by atoms with E-state index in [4.69, 9.17) is 4.74 Å². The van der Waals surface area contributed by atoms with Gasteiger partial charge in [0.2, 0.25) is 0 Å². The lowest BCUT2D eigenvalue weighted by Crippen LogP contribution is -2.32. The number of nitrogens with one attached hydrogen (secondary N) is 1. The zero-order valence-electron chi connectivity index (χ0n) is 9.21. The maximum absolute atomic E-state index is 13.3. The first-order chi connectivity index (χ1) is 8.18. The molecule has 1 aromatic rings. The van der Waals surface area contributed by atoms with E-state index in [0.717, 1.165) is 25.0 Å². The monoisotopic (exact) mass is 241 g/mol. The predicted octanol–water partition coefficient (Wildman–Crippen LogP) is 1.87. The van der Waals surface area contributed by atoms with Gasteiger partial charge in [0, 0.05) is 13.2 Å². The number of carbonyl (C=O) groups is 1. The molecule has 1 heterocycles. The molecule has 0 saturated carbocycles. The molecule has 1 fully saturated rings. The van der Waals surface area contributed by atoms with Crippen molar-refractivity contribution in [1.29, 1.82) is 0 Å². The van der Waals surface area contributed by atoms with Crippen molar-refractivity contribution < 1.29 is 18.3 Å².